The van der Waals surface area contributed by atoms with Crippen molar-refractivity contribution in [2.24, 2.45) is 10.8 Å². The smallest absolute Gasteiger partial charge is 0.251 e. The Morgan fingerprint density at radius 2 is 1.79 bits per heavy atom. The fourth-order valence-corrected chi connectivity index (χ4v) is 7.99. The van der Waals surface area contributed by atoms with Gasteiger partial charge in [0.05, 0.1) is 28.4 Å². The Kier molecular flexibility index (Phi) is 4.81. The average molecular weight is 474 g/mol. The molecular weight excluding hydrogens is 442 g/mol. The number of thiazole rings is 1. The average Bonchev–Trinajstić information content (AvgIpc) is 3.38. The van der Waals surface area contributed by atoms with E-state index in [2.05, 4.69) is 50.8 Å². The summed E-state index contributed by atoms with van der Waals surface area (Å²) in [6, 6.07) is 14.1. The molecule has 3 heterocycles. The number of fused-ring (bicyclic) bond motifs is 3. The SMILES string of the molecule is Cc1ccc2nc(-c3ccc(N4C(=O)C[C@H](N5C[C@@]6(C)C[C@H]5CC(C)(C)C6)C4=O)cc3)sc2c1. The van der Waals surface area contributed by atoms with Crippen LogP contribution in [0.15, 0.2) is 42.5 Å². The predicted octanol–water partition coefficient (Wildman–Crippen LogP) is 5.80. The van der Waals surface area contributed by atoms with Crippen molar-refractivity contribution in [3.05, 3.63) is 48.0 Å². The van der Waals surface area contributed by atoms with Crippen LogP contribution in [0.25, 0.3) is 20.8 Å². The summed E-state index contributed by atoms with van der Waals surface area (Å²) >= 11 is 1.66. The number of aromatic nitrogens is 1. The summed E-state index contributed by atoms with van der Waals surface area (Å²) in [5.74, 6) is -0.161. The van der Waals surface area contributed by atoms with Gasteiger partial charge in [0.1, 0.15) is 5.01 Å². The van der Waals surface area contributed by atoms with Gasteiger partial charge in [0.15, 0.2) is 0 Å². The lowest BCUT2D eigenvalue weighted by Gasteiger charge is -2.40. The fourth-order valence-electron chi connectivity index (χ4n) is 6.92. The van der Waals surface area contributed by atoms with Crippen LogP contribution in [0, 0.1) is 17.8 Å². The molecule has 2 aliphatic heterocycles. The van der Waals surface area contributed by atoms with Gasteiger partial charge in [-0.25, -0.2) is 9.88 Å². The molecule has 3 aliphatic rings. The highest BCUT2D eigenvalue weighted by atomic mass is 32.1. The summed E-state index contributed by atoms with van der Waals surface area (Å²) in [5.41, 5.74) is 4.40. The summed E-state index contributed by atoms with van der Waals surface area (Å²) in [5, 5.41) is 0.948. The second kappa shape index (κ2) is 7.46. The van der Waals surface area contributed by atoms with E-state index in [1.54, 1.807) is 11.3 Å². The molecule has 0 radical (unpaired) electrons. The number of nitrogens with zero attached hydrogens (tertiary/aromatic N) is 3. The number of amides is 2. The zero-order valence-electron chi connectivity index (χ0n) is 20.3. The first kappa shape index (κ1) is 21.9. The van der Waals surface area contributed by atoms with Crippen LogP contribution in [0.2, 0.25) is 0 Å². The van der Waals surface area contributed by atoms with Crippen LogP contribution in [0.5, 0.6) is 0 Å². The number of aryl methyl sites for hydroxylation is 1. The topological polar surface area (TPSA) is 53.5 Å². The molecule has 6 heteroatoms. The van der Waals surface area contributed by atoms with E-state index in [1.807, 2.05) is 24.3 Å². The van der Waals surface area contributed by atoms with Crippen LogP contribution in [-0.2, 0) is 9.59 Å². The van der Waals surface area contributed by atoms with Crippen molar-refractivity contribution in [3.63, 3.8) is 0 Å². The van der Waals surface area contributed by atoms with E-state index in [9.17, 15) is 9.59 Å². The van der Waals surface area contributed by atoms with Crippen LogP contribution in [0.1, 0.15) is 52.0 Å². The van der Waals surface area contributed by atoms with Gasteiger partial charge in [0, 0.05) is 18.2 Å². The summed E-state index contributed by atoms with van der Waals surface area (Å²) in [7, 11) is 0. The molecule has 2 bridgehead atoms. The number of likely N-dealkylation sites (tertiary alicyclic amines) is 1. The predicted molar refractivity (Wildman–Crippen MR) is 137 cm³/mol. The van der Waals surface area contributed by atoms with Crippen molar-refractivity contribution in [1.82, 2.24) is 9.88 Å². The van der Waals surface area contributed by atoms with E-state index in [0.717, 1.165) is 35.5 Å². The van der Waals surface area contributed by atoms with Crippen LogP contribution >= 0.6 is 11.3 Å². The van der Waals surface area contributed by atoms with Crippen molar-refractivity contribution in [3.8, 4) is 10.6 Å². The minimum atomic E-state index is -0.333. The molecule has 6 rings (SSSR count). The lowest BCUT2D eigenvalue weighted by atomic mass is 9.65. The zero-order chi connectivity index (χ0) is 23.8. The molecule has 34 heavy (non-hydrogen) atoms. The first-order valence-electron chi connectivity index (χ1n) is 12.2. The molecule has 176 valence electrons. The summed E-state index contributed by atoms with van der Waals surface area (Å²) in [6.45, 7) is 10.0. The van der Waals surface area contributed by atoms with Gasteiger partial charge in [-0.3, -0.25) is 14.5 Å². The van der Waals surface area contributed by atoms with E-state index in [0.29, 0.717) is 11.7 Å². The fraction of sp³-hybridized carbons (Fsp3) is 0.464. The summed E-state index contributed by atoms with van der Waals surface area (Å²) in [6.07, 6.45) is 3.69. The van der Waals surface area contributed by atoms with Gasteiger partial charge in [0.25, 0.3) is 5.91 Å². The zero-order valence-corrected chi connectivity index (χ0v) is 21.1. The van der Waals surface area contributed by atoms with Crippen LogP contribution in [0.4, 0.5) is 5.69 Å². The number of hydrogen-bond acceptors (Lipinski definition) is 5. The van der Waals surface area contributed by atoms with Crippen molar-refractivity contribution in [2.45, 2.75) is 65.5 Å². The largest absolute Gasteiger partial charge is 0.288 e. The molecule has 2 saturated heterocycles. The molecule has 1 aliphatic carbocycles. The number of rotatable bonds is 3. The Morgan fingerprint density at radius 3 is 2.56 bits per heavy atom. The van der Waals surface area contributed by atoms with Crippen molar-refractivity contribution < 1.29 is 9.59 Å². The Bertz CT molecular complexity index is 1310. The molecule has 3 fully saturated rings. The third kappa shape index (κ3) is 3.59. The van der Waals surface area contributed by atoms with E-state index >= 15 is 0 Å². The van der Waals surface area contributed by atoms with Crippen LogP contribution in [0.3, 0.4) is 0 Å². The molecule has 0 spiro atoms. The quantitative estimate of drug-likeness (QED) is 0.451. The highest BCUT2D eigenvalue weighted by molar-refractivity contribution is 7.21. The minimum Gasteiger partial charge on any atom is -0.288 e. The number of anilines is 1. The standard InChI is InChI=1S/C28H31N3O2S/c1-17-5-10-21-23(11-17)34-25(29-21)18-6-8-19(9-7-18)31-24(32)12-22(26(31)33)30-16-28(4)14-20(30)13-27(2,3)15-28/h5-11,20,22H,12-16H2,1-4H3/t20-,22+,28+/m1/s1. The van der Waals surface area contributed by atoms with Gasteiger partial charge in [-0.2, -0.15) is 0 Å². The second-order valence-electron chi connectivity index (χ2n) is 11.7. The molecular formula is C28H31N3O2S. The van der Waals surface area contributed by atoms with Gasteiger partial charge >= 0.3 is 0 Å². The molecule has 2 aromatic carbocycles. The minimum absolute atomic E-state index is 0.0674. The van der Waals surface area contributed by atoms with E-state index < -0.39 is 0 Å². The molecule has 1 aromatic heterocycles. The lowest BCUT2D eigenvalue weighted by Crippen LogP contribution is -2.45. The molecule has 1 saturated carbocycles. The highest BCUT2D eigenvalue weighted by Gasteiger charge is 2.55. The maximum atomic E-state index is 13.5. The third-order valence-electron chi connectivity index (χ3n) is 7.89. The molecule has 0 unspecified atom stereocenters. The Hall–Kier alpha value is -2.57. The van der Waals surface area contributed by atoms with Gasteiger partial charge < -0.3 is 0 Å². The summed E-state index contributed by atoms with van der Waals surface area (Å²) < 4.78 is 1.17. The number of carbonyl (C=O) groups excluding carboxylic acids is 2. The third-order valence-corrected chi connectivity index (χ3v) is 8.96. The van der Waals surface area contributed by atoms with Gasteiger partial charge in [-0.1, -0.05) is 26.8 Å². The Balaban J connectivity index is 1.24. The monoisotopic (exact) mass is 473 g/mol. The number of benzene rings is 2. The lowest BCUT2D eigenvalue weighted by molar-refractivity contribution is -0.123. The molecule has 3 atom stereocenters. The molecule has 5 nitrogen and oxygen atoms in total. The Morgan fingerprint density at radius 1 is 1.03 bits per heavy atom. The van der Waals surface area contributed by atoms with E-state index in [-0.39, 0.29) is 35.1 Å². The van der Waals surface area contributed by atoms with Gasteiger partial charge in [0.2, 0.25) is 5.91 Å². The Labute approximate surface area is 204 Å². The number of carbonyl (C=O) groups is 2. The normalized spacial score (nSPS) is 28.9. The van der Waals surface area contributed by atoms with Gasteiger partial charge in [-0.05, 0) is 79.0 Å². The number of hydrogen-bond donors (Lipinski definition) is 0. The number of imide groups is 1. The highest BCUT2D eigenvalue weighted by Crippen LogP contribution is 2.53. The maximum Gasteiger partial charge on any atom is 0.251 e. The molecule has 2 amide bonds. The van der Waals surface area contributed by atoms with Crippen LogP contribution in [-0.4, -0.2) is 40.3 Å². The molecule has 3 aromatic rings. The van der Waals surface area contributed by atoms with Crippen molar-refractivity contribution in [2.75, 3.05) is 11.4 Å². The maximum absolute atomic E-state index is 13.5. The first-order valence-corrected chi connectivity index (χ1v) is 13.0. The van der Waals surface area contributed by atoms with E-state index in [1.165, 1.54) is 21.6 Å². The molecule has 0 N–H and O–H groups in total. The van der Waals surface area contributed by atoms with Gasteiger partial charge in [-0.15, -0.1) is 11.3 Å². The van der Waals surface area contributed by atoms with Crippen molar-refractivity contribution in [1.29, 1.82) is 0 Å². The van der Waals surface area contributed by atoms with Crippen LogP contribution < -0.4 is 4.90 Å². The first-order chi connectivity index (χ1) is 16.1. The summed E-state index contributed by atoms with van der Waals surface area (Å²) in [4.78, 5) is 35.1. The van der Waals surface area contributed by atoms with E-state index in [4.69, 9.17) is 4.98 Å². The second-order valence-corrected chi connectivity index (χ2v) is 12.7. The van der Waals surface area contributed by atoms with Crippen molar-refractivity contribution >= 4 is 39.1 Å².